The van der Waals surface area contributed by atoms with Crippen molar-refractivity contribution in [3.63, 3.8) is 0 Å². The smallest absolute Gasteiger partial charge is 0.374 e. The Kier molecular flexibility index (Phi) is 3.62. The maximum atomic E-state index is 11.6. The van der Waals surface area contributed by atoms with E-state index in [0.717, 1.165) is 0 Å². The van der Waals surface area contributed by atoms with Gasteiger partial charge in [-0.15, -0.1) is 0 Å². The number of esters is 1. The van der Waals surface area contributed by atoms with Crippen molar-refractivity contribution in [2.75, 3.05) is 6.61 Å². The average Bonchev–Trinajstić information content (AvgIpc) is 2.96. The molecule has 2 N–H and O–H groups in total. The molecule has 0 radical (unpaired) electrons. The molecule has 2 rings (SSSR count). The van der Waals surface area contributed by atoms with Crippen molar-refractivity contribution in [2.24, 2.45) is 11.7 Å². The maximum Gasteiger partial charge on any atom is 0.374 e. The number of carbonyl (C=O) groups excluding carboxylic acids is 1. The molecule has 0 aromatic carbocycles. The summed E-state index contributed by atoms with van der Waals surface area (Å²) in [5.74, 6) is 1.01. The molecule has 1 heterocycles. The summed E-state index contributed by atoms with van der Waals surface area (Å²) in [5.41, 5.74) is 5.39. The molecule has 0 bridgehead atoms. The van der Waals surface area contributed by atoms with Crippen molar-refractivity contribution in [1.29, 1.82) is 0 Å². The van der Waals surface area contributed by atoms with E-state index in [0.29, 0.717) is 24.8 Å². The van der Waals surface area contributed by atoms with Gasteiger partial charge in [-0.2, -0.15) is 0 Å². The first-order valence-corrected chi connectivity index (χ1v) is 5.75. The summed E-state index contributed by atoms with van der Waals surface area (Å²) >= 11 is 0. The summed E-state index contributed by atoms with van der Waals surface area (Å²) in [5, 5.41) is 0. The number of furan rings is 1. The van der Waals surface area contributed by atoms with E-state index in [4.69, 9.17) is 14.9 Å². The van der Waals surface area contributed by atoms with Crippen LogP contribution < -0.4 is 5.73 Å². The molecule has 0 aliphatic heterocycles. The molecular formula is C12H17NO3. The molecule has 1 saturated carbocycles. The second-order valence-corrected chi connectivity index (χ2v) is 4.22. The molecule has 4 heteroatoms. The van der Waals surface area contributed by atoms with Gasteiger partial charge in [0.2, 0.25) is 5.76 Å². The molecule has 1 aliphatic rings. The van der Waals surface area contributed by atoms with E-state index < -0.39 is 0 Å². The highest BCUT2D eigenvalue weighted by Crippen LogP contribution is 2.25. The molecule has 0 unspecified atom stereocenters. The fourth-order valence-electron chi connectivity index (χ4n) is 2.04. The second kappa shape index (κ2) is 5.16. The van der Waals surface area contributed by atoms with Crippen LogP contribution in [0.2, 0.25) is 0 Å². The molecule has 0 atom stereocenters. The van der Waals surface area contributed by atoms with Crippen molar-refractivity contribution in [2.45, 2.75) is 32.2 Å². The Morgan fingerprint density at radius 2 is 2.19 bits per heavy atom. The monoisotopic (exact) mass is 223 g/mol. The SMILES string of the molecule is NCc1ccc(C(=O)OCC2CCCC2)o1. The molecule has 1 aromatic heterocycles. The fraction of sp³-hybridized carbons (Fsp3) is 0.583. The number of nitrogens with two attached hydrogens (primary N) is 1. The van der Waals surface area contributed by atoms with Crippen molar-refractivity contribution in [3.8, 4) is 0 Å². The van der Waals surface area contributed by atoms with Gasteiger partial charge >= 0.3 is 5.97 Å². The predicted octanol–water partition coefficient (Wildman–Crippen LogP) is 2.09. The molecule has 1 aromatic rings. The van der Waals surface area contributed by atoms with Crippen LogP contribution >= 0.6 is 0 Å². The minimum absolute atomic E-state index is 0.249. The fourth-order valence-corrected chi connectivity index (χ4v) is 2.04. The lowest BCUT2D eigenvalue weighted by atomic mass is 10.1. The standard InChI is InChI=1S/C12H17NO3/c13-7-10-5-6-11(16-10)12(14)15-8-9-3-1-2-4-9/h5-6,9H,1-4,7-8,13H2. The predicted molar refractivity (Wildman–Crippen MR) is 58.8 cm³/mol. The van der Waals surface area contributed by atoms with Crippen LogP contribution in [0.3, 0.4) is 0 Å². The quantitative estimate of drug-likeness (QED) is 0.794. The molecule has 0 saturated heterocycles. The highest BCUT2D eigenvalue weighted by Gasteiger charge is 2.18. The van der Waals surface area contributed by atoms with Crippen molar-refractivity contribution < 1.29 is 13.9 Å². The van der Waals surface area contributed by atoms with Crippen LogP contribution in [-0.4, -0.2) is 12.6 Å². The number of hydrogen-bond donors (Lipinski definition) is 1. The normalized spacial score (nSPS) is 16.6. The van der Waals surface area contributed by atoms with Crippen LogP contribution in [0.1, 0.15) is 42.0 Å². The van der Waals surface area contributed by atoms with Gasteiger partial charge in [-0.05, 0) is 30.9 Å². The zero-order valence-electron chi connectivity index (χ0n) is 9.28. The molecule has 0 amide bonds. The van der Waals surface area contributed by atoms with E-state index in [2.05, 4.69) is 0 Å². The van der Waals surface area contributed by atoms with E-state index >= 15 is 0 Å². The van der Waals surface area contributed by atoms with Gasteiger partial charge in [-0.25, -0.2) is 4.79 Å². The van der Waals surface area contributed by atoms with Gasteiger partial charge in [0.05, 0.1) is 13.2 Å². The minimum Gasteiger partial charge on any atom is -0.460 e. The van der Waals surface area contributed by atoms with E-state index in [1.807, 2.05) is 0 Å². The van der Waals surface area contributed by atoms with E-state index in [1.54, 1.807) is 12.1 Å². The van der Waals surface area contributed by atoms with Gasteiger partial charge in [0, 0.05) is 0 Å². The van der Waals surface area contributed by atoms with E-state index in [1.165, 1.54) is 25.7 Å². The third-order valence-electron chi connectivity index (χ3n) is 2.99. The average molecular weight is 223 g/mol. The highest BCUT2D eigenvalue weighted by atomic mass is 16.5. The molecule has 1 aliphatic carbocycles. The number of carbonyl (C=O) groups is 1. The van der Waals surface area contributed by atoms with Gasteiger partial charge in [-0.3, -0.25) is 0 Å². The largest absolute Gasteiger partial charge is 0.460 e. The van der Waals surface area contributed by atoms with Crippen LogP contribution in [0, 0.1) is 5.92 Å². The first-order valence-electron chi connectivity index (χ1n) is 5.75. The van der Waals surface area contributed by atoms with Crippen molar-refractivity contribution in [3.05, 3.63) is 23.7 Å². The minimum atomic E-state index is -0.383. The summed E-state index contributed by atoms with van der Waals surface area (Å²) < 4.78 is 10.4. The van der Waals surface area contributed by atoms with Crippen LogP contribution in [0.25, 0.3) is 0 Å². The van der Waals surface area contributed by atoms with E-state index in [9.17, 15) is 4.79 Å². The van der Waals surface area contributed by atoms with Gasteiger partial charge in [-0.1, -0.05) is 12.8 Å². The lowest BCUT2D eigenvalue weighted by Crippen LogP contribution is -2.11. The lowest BCUT2D eigenvalue weighted by molar-refractivity contribution is 0.0405. The Balaban J connectivity index is 1.82. The zero-order valence-corrected chi connectivity index (χ0v) is 9.28. The maximum absolute atomic E-state index is 11.6. The van der Waals surface area contributed by atoms with Crippen LogP contribution in [-0.2, 0) is 11.3 Å². The molecule has 88 valence electrons. The van der Waals surface area contributed by atoms with Crippen molar-refractivity contribution in [1.82, 2.24) is 0 Å². The molecule has 0 spiro atoms. The Morgan fingerprint density at radius 1 is 1.44 bits per heavy atom. The summed E-state index contributed by atoms with van der Waals surface area (Å²) in [7, 11) is 0. The highest BCUT2D eigenvalue weighted by molar-refractivity contribution is 5.86. The molecule has 1 fully saturated rings. The topological polar surface area (TPSA) is 65.5 Å². The number of rotatable bonds is 4. The van der Waals surface area contributed by atoms with Crippen molar-refractivity contribution >= 4 is 5.97 Å². The number of hydrogen-bond acceptors (Lipinski definition) is 4. The molecular weight excluding hydrogens is 206 g/mol. The van der Waals surface area contributed by atoms with Crippen LogP contribution in [0.15, 0.2) is 16.5 Å². The number of ether oxygens (including phenoxy) is 1. The first kappa shape index (κ1) is 11.2. The molecule has 16 heavy (non-hydrogen) atoms. The third-order valence-corrected chi connectivity index (χ3v) is 2.99. The summed E-state index contributed by atoms with van der Waals surface area (Å²) in [6.07, 6.45) is 4.83. The molecule has 4 nitrogen and oxygen atoms in total. The Hall–Kier alpha value is -1.29. The lowest BCUT2D eigenvalue weighted by Gasteiger charge is -2.08. The Bertz CT molecular complexity index is 353. The Labute approximate surface area is 94.8 Å². The summed E-state index contributed by atoms with van der Waals surface area (Å²) in [6.45, 7) is 0.813. The summed E-state index contributed by atoms with van der Waals surface area (Å²) in [6, 6.07) is 3.31. The summed E-state index contributed by atoms with van der Waals surface area (Å²) in [4.78, 5) is 11.6. The zero-order chi connectivity index (χ0) is 11.4. The van der Waals surface area contributed by atoms with Gasteiger partial charge < -0.3 is 14.9 Å². The van der Waals surface area contributed by atoms with Gasteiger partial charge in [0.1, 0.15) is 5.76 Å². The third kappa shape index (κ3) is 2.64. The Morgan fingerprint density at radius 3 is 2.81 bits per heavy atom. The first-order chi connectivity index (χ1) is 7.79. The van der Waals surface area contributed by atoms with Gasteiger partial charge in [0.25, 0.3) is 0 Å². The van der Waals surface area contributed by atoms with E-state index in [-0.39, 0.29) is 11.7 Å². The van der Waals surface area contributed by atoms with Gasteiger partial charge in [0.15, 0.2) is 0 Å². The second-order valence-electron chi connectivity index (χ2n) is 4.22. The van der Waals surface area contributed by atoms with Crippen LogP contribution in [0.5, 0.6) is 0 Å². The van der Waals surface area contributed by atoms with Crippen LogP contribution in [0.4, 0.5) is 0 Å².